The number of aliphatic hydroxyl groups excluding tert-OH is 1. The van der Waals surface area contributed by atoms with E-state index in [-0.39, 0.29) is 6.61 Å². The number of aromatic carboxylic acids is 1. The van der Waals surface area contributed by atoms with Gasteiger partial charge in [0, 0.05) is 37.9 Å². The average Bonchev–Trinajstić information content (AvgIpc) is 3.43. The second-order valence-corrected chi connectivity index (χ2v) is 7.47. The smallest absolute Gasteiger partial charge is 0.337 e. The van der Waals surface area contributed by atoms with Crippen molar-refractivity contribution in [2.24, 2.45) is 7.05 Å². The zero-order chi connectivity index (χ0) is 19.0. The third-order valence-electron chi connectivity index (χ3n) is 5.35. The molecule has 0 unspecified atom stereocenters. The Morgan fingerprint density at radius 3 is 2.81 bits per heavy atom. The van der Waals surface area contributed by atoms with Crippen LogP contribution in [0.25, 0.3) is 10.9 Å². The van der Waals surface area contributed by atoms with Crippen molar-refractivity contribution in [1.29, 1.82) is 0 Å². The van der Waals surface area contributed by atoms with Gasteiger partial charge in [-0.3, -0.25) is 4.98 Å². The summed E-state index contributed by atoms with van der Waals surface area (Å²) in [6.45, 7) is 0.156. The van der Waals surface area contributed by atoms with Crippen LogP contribution < -0.4 is 0 Å². The summed E-state index contributed by atoms with van der Waals surface area (Å²) in [7, 11) is 2.02. The lowest BCUT2D eigenvalue weighted by molar-refractivity contribution is 0.0695. The fraction of sp³-hybridized carbons (Fsp3) is 0.364. The highest BCUT2D eigenvalue weighted by atomic mass is 16.4. The van der Waals surface area contributed by atoms with E-state index >= 15 is 0 Å². The molecule has 4 rings (SSSR count). The van der Waals surface area contributed by atoms with E-state index in [4.69, 9.17) is 0 Å². The van der Waals surface area contributed by atoms with E-state index in [9.17, 15) is 15.0 Å². The largest absolute Gasteiger partial charge is 0.478 e. The Hall–Kier alpha value is -2.66. The lowest BCUT2D eigenvalue weighted by Crippen LogP contribution is -2.07. The second kappa shape index (κ2) is 7.16. The van der Waals surface area contributed by atoms with Gasteiger partial charge in [0.05, 0.1) is 16.8 Å². The highest BCUT2D eigenvalue weighted by Crippen LogP contribution is 2.40. The molecule has 0 spiro atoms. The van der Waals surface area contributed by atoms with Crippen LogP contribution in [-0.4, -0.2) is 32.3 Å². The third-order valence-corrected chi connectivity index (χ3v) is 5.35. The number of pyridine rings is 1. The van der Waals surface area contributed by atoms with E-state index in [1.807, 2.05) is 19.4 Å². The molecule has 0 radical (unpaired) electrons. The van der Waals surface area contributed by atoms with Gasteiger partial charge in [-0.2, -0.15) is 0 Å². The predicted molar refractivity (Wildman–Crippen MR) is 104 cm³/mol. The van der Waals surface area contributed by atoms with E-state index in [2.05, 4.69) is 27.8 Å². The van der Waals surface area contributed by atoms with Gasteiger partial charge in [-0.1, -0.05) is 6.07 Å². The number of carbonyl (C=O) groups is 1. The molecular weight excluding hydrogens is 340 g/mol. The van der Waals surface area contributed by atoms with Crippen LogP contribution in [0.4, 0.5) is 0 Å². The zero-order valence-corrected chi connectivity index (χ0v) is 15.5. The molecule has 27 heavy (non-hydrogen) atoms. The average molecular weight is 364 g/mol. The number of fused-ring (bicyclic) bond motifs is 1. The summed E-state index contributed by atoms with van der Waals surface area (Å²) in [5, 5.41) is 20.0. The highest BCUT2D eigenvalue weighted by molar-refractivity contribution is 5.89. The molecule has 1 aromatic carbocycles. The minimum absolute atomic E-state index is 0.156. The van der Waals surface area contributed by atoms with Crippen LogP contribution in [0.15, 0.2) is 36.7 Å². The molecule has 0 bridgehead atoms. The van der Waals surface area contributed by atoms with Gasteiger partial charge >= 0.3 is 5.97 Å². The topological polar surface area (TPSA) is 75.4 Å². The number of hydrogen-bond acceptors (Lipinski definition) is 3. The van der Waals surface area contributed by atoms with E-state index in [0.717, 1.165) is 35.8 Å². The number of aromatic nitrogens is 2. The van der Waals surface area contributed by atoms with Gasteiger partial charge in [0.2, 0.25) is 0 Å². The maximum atomic E-state index is 11.8. The van der Waals surface area contributed by atoms with Crippen LogP contribution in [0.3, 0.4) is 0 Å². The number of carboxylic acid groups (broad SMARTS) is 1. The molecule has 1 aliphatic carbocycles. The van der Waals surface area contributed by atoms with Gasteiger partial charge in [-0.05, 0) is 66.5 Å². The van der Waals surface area contributed by atoms with Gasteiger partial charge < -0.3 is 14.8 Å². The van der Waals surface area contributed by atoms with Gasteiger partial charge in [0.1, 0.15) is 0 Å². The lowest BCUT2D eigenvalue weighted by atomic mass is 9.97. The summed E-state index contributed by atoms with van der Waals surface area (Å²) in [6, 6.07) is 8.11. The molecule has 2 aromatic heterocycles. The van der Waals surface area contributed by atoms with Crippen molar-refractivity contribution in [3.8, 4) is 0 Å². The standard InChI is InChI=1S/C22H24N2O3/c1-24-7-6-17-10-14(9-16(21(17)24)3-2-8-25)11-20-19(22(26)27)12-18(13-23-20)15-4-5-15/h6-7,9-10,12-13,15,25H,2-5,8,11H2,1H3,(H,26,27). The number of nitrogens with zero attached hydrogens (tertiary/aromatic N) is 2. The van der Waals surface area contributed by atoms with Crippen molar-refractivity contribution in [3.05, 3.63) is 64.6 Å². The lowest BCUT2D eigenvalue weighted by Gasteiger charge is -2.11. The quantitative estimate of drug-likeness (QED) is 0.671. The van der Waals surface area contributed by atoms with E-state index < -0.39 is 5.97 Å². The summed E-state index contributed by atoms with van der Waals surface area (Å²) in [6.07, 6.45) is 8.11. The summed E-state index contributed by atoms with van der Waals surface area (Å²) in [5.74, 6) is -0.434. The number of benzene rings is 1. The van der Waals surface area contributed by atoms with Crippen molar-refractivity contribution in [3.63, 3.8) is 0 Å². The maximum absolute atomic E-state index is 11.8. The van der Waals surface area contributed by atoms with Crippen molar-refractivity contribution in [2.45, 2.75) is 38.0 Å². The van der Waals surface area contributed by atoms with E-state index in [0.29, 0.717) is 30.0 Å². The fourth-order valence-corrected chi connectivity index (χ4v) is 3.84. The monoisotopic (exact) mass is 364 g/mol. The van der Waals surface area contributed by atoms with Crippen LogP contribution in [0, 0.1) is 0 Å². The first-order valence-corrected chi connectivity index (χ1v) is 9.46. The molecule has 140 valence electrons. The molecular formula is C22H24N2O3. The Balaban J connectivity index is 1.71. The Bertz CT molecular complexity index is 1000. The Morgan fingerprint density at radius 2 is 2.11 bits per heavy atom. The molecule has 0 saturated heterocycles. The minimum atomic E-state index is -0.915. The van der Waals surface area contributed by atoms with Gasteiger partial charge in [-0.15, -0.1) is 0 Å². The number of carboxylic acids is 1. The number of rotatable bonds is 7. The molecule has 2 heterocycles. The summed E-state index contributed by atoms with van der Waals surface area (Å²) in [4.78, 5) is 16.3. The van der Waals surface area contributed by atoms with Crippen molar-refractivity contribution < 1.29 is 15.0 Å². The number of aliphatic hydroxyl groups is 1. The molecule has 0 atom stereocenters. The molecule has 2 N–H and O–H groups in total. The van der Waals surface area contributed by atoms with Crippen LogP contribution >= 0.6 is 0 Å². The van der Waals surface area contributed by atoms with Crippen LogP contribution in [-0.2, 0) is 19.9 Å². The first kappa shape index (κ1) is 17.7. The predicted octanol–water partition coefficient (Wildman–Crippen LogP) is 3.66. The second-order valence-electron chi connectivity index (χ2n) is 7.47. The summed E-state index contributed by atoms with van der Waals surface area (Å²) >= 11 is 0. The zero-order valence-electron chi connectivity index (χ0n) is 15.5. The van der Waals surface area contributed by atoms with Gasteiger partial charge in [0.15, 0.2) is 0 Å². The molecule has 1 saturated carbocycles. The van der Waals surface area contributed by atoms with E-state index in [1.54, 1.807) is 6.07 Å². The molecule has 3 aromatic rings. The Labute approximate surface area is 158 Å². The molecule has 0 amide bonds. The number of hydrogen-bond donors (Lipinski definition) is 2. The van der Waals surface area contributed by atoms with Crippen molar-refractivity contribution in [2.75, 3.05) is 6.61 Å². The highest BCUT2D eigenvalue weighted by Gasteiger charge is 2.26. The van der Waals surface area contributed by atoms with Crippen LogP contribution in [0.5, 0.6) is 0 Å². The summed E-state index contributed by atoms with van der Waals surface area (Å²) < 4.78 is 2.09. The Kier molecular flexibility index (Phi) is 4.70. The third kappa shape index (κ3) is 3.60. The first-order valence-electron chi connectivity index (χ1n) is 9.46. The maximum Gasteiger partial charge on any atom is 0.337 e. The Morgan fingerprint density at radius 1 is 1.30 bits per heavy atom. The van der Waals surface area contributed by atoms with Crippen molar-refractivity contribution in [1.82, 2.24) is 9.55 Å². The van der Waals surface area contributed by atoms with Gasteiger partial charge in [-0.25, -0.2) is 4.79 Å². The van der Waals surface area contributed by atoms with E-state index in [1.165, 1.54) is 11.1 Å². The minimum Gasteiger partial charge on any atom is -0.478 e. The fourth-order valence-electron chi connectivity index (χ4n) is 3.84. The molecule has 0 aliphatic heterocycles. The van der Waals surface area contributed by atoms with Gasteiger partial charge in [0.25, 0.3) is 0 Å². The molecule has 1 fully saturated rings. The normalized spacial score (nSPS) is 14.0. The molecule has 1 aliphatic rings. The first-order chi connectivity index (χ1) is 13.1. The summed E-state index contributed by atoms with van der Waals surface area (Å²) in [5.41, 5.74) is 5.35. The van der Waals surface area contributed by atoms with Crippen LogP contribution in [0.1, 0.15) is 57.9 Å². The molecule has 5 nitrogen and oxygen atoms in total. The number of aryl methyl sites for hydroxylation is 2. The van der Waals surface area contributed by atoms with Crippen molar-refractivity contribution >= 4 is 16.9 Å². The van der Waals surface area contributed by atoms with Crippen LogP contribution in [0.2, 0.25) is 0 Å². The molecule has 5 heteroatoms. The SMILES string of the molecule is Cn1ccc2cc(Cc3ncc(C4CC4)cc3C(=O)O)cc(CCCO)c21.